The van der Waals surface area contributed by atoms with Crippen molar-refractivity contribution in [1.29, 1.82) is 0 Å². The molecule has 1 aromatic heterocycles. The first-order valence-corrected chi connectivity index (χ1v) is 9.84. The van der Waals surface area contributed by atoms with Gasteiger partial charge in [-0.1, -0.05) is 11.6 Å². The van der Waals surface area contributed by atoms with E-state index < -0.39 is 16.4 Å². The summed E-state index contributed by atoms with van der Waals surface area (Å²) < 4.78 is 18.0. The van der Waals surface area contributed by atoms with E-state index in [1.54, 1.807) is 11.1 Å². The summed E-state index contributed by atoms with van der Waals surface area (Å²) in [6.45, 7) is 6.85. The quantitative estimate of drug-likeness (QED) is 0.822. The number of nitrogens with zero attached hydrogens (tertiary/aromatic N) is 2. The van der Waals surface area contributed by atoms with E-state index in [-0.39, 0.29) is 12.0 Å². The first-order chi connectivity index (χ1) is 10.2. The summed E-state index contributed by atoms with van der Waals surface area (Å²) in [5.74, 6) is 1.33. The van der Waals surface area contributed by atoms with Crippen LogP contribution in [0.15, 0.2) is 6.20 Å². The fourth-order valence-corrected chi connectivity index (χ4v) is 5.00. The van der Waals surface area contributed by atoms with Gasteiger partial charge in [0.05, 0.1) is 5.75 Å². The topological polar surface area (TPSA) is 59.5 Å². The molecule has 1 aliphatic rings. The van der Waals surface area contributed by atoms with E-state index in [0.29, 0.717) is 29.1 Å². The van der Waals surface area contributed by atoms with Crippen molar-refractivity contribution in [3.8, 4) is 0 Å². The van der Waals surface area contributed by atoms with Gasteiger partial charge in [0, 0.05) is 40.7 Å². The zero-order valence-electron chi connectivity index (χ0n) is 13.0. The molecule has 2 heterocycles. The molecule has 1 aliphatic heterocycles. The van der Waals surface area contributed by atoms with Crippen LogP contribution in [0.1, 0.15) is 32.1 Å². The Hall–Kier alpha value is -0.660. The molecule has 0 aromatic carbocycles. The van der Waals surface area contributed by atoms with Crippen LogP contribution < -0.4 is 0 Å². The standard InChI is InChI=1S/C14H21ClN2O3S2/c1-14(2,3)20-13(18)17-5-4-10(7-17)8-22(19)9-11-6-16-12(15)21-11/h6,10H,4-5,7-9H2,1-3H3/t10-,22+/m1/s1. The summed E-state index contributed by atoms with van der Waals surface area (Å²) in [5.41, 5.74) is -0.483. The lowest BCUT2D eigenvalue weighted by Gasteiger charge is -2.24. The number of carbonyl (C=O) groups excluding carboxylic acids is 1. The van der Waals surface area contributed by atoms with Gasteiger partial charge in [0.2, 0.25) is 0 Å². The number of halogens is 1. The molecule has 0 saturated carbocycles. The highest BCUT2D eigenvalue weighted by atomic mass is 35.5. The average molecular weight is 365 g/mol. The Morgan fingerprint density at radius 1 is 1.59 bits per heavy atom. The highest BCUT2D eigenvalue weighted by molar-refractivity contribution is 7.84. The lowest BCUT2D eigenvalue weighted by atomic mass is 10.2. The van der Waals surface area contributed by atoms with Crippen molar-refractivity contribution >= 4 is 39.8 Å². The monoisotopic (exact) mass is 364 g/mol. The maximum atomic E-state index is 12.2. The average Bonchev–Trinajstić information content (AvgIpc) is 2.96. The van der Waals surface area contributed by atoms with Gasteiger partial charge < -0.3 is 9.64 Å². The van der Waals surface area contributed by atoms with Crippen molar-refractivity contribution in [1.82, 2.24) is 9.88 Å². The van der Waals surface area contributed by atoms with E-state index in [9.17, 15) is 9.00 Å². The molecule has 2 atom stereocenters. The van der Waals surface area contributed by atoms with Crippen LogP contribution >= 0.6 is 22.9 Å². The maximum absolute atomic E-state index is 12.2. The van der Waals surface area contributed by atoms with Crippen LogP contribution in [0.5, 0.6) is 0 Å². The Morgan fingerprint density at radius 2 is 2.32 bits per heavy atom. The number of thiazole rings is 1. The van der Waals surface area contributed by atoms with E-state index in [1.807, 2.05) is 20.8 Å². The molecule has 5 nitrogen and oxygen atoms in total. The molecule has 0 spiro atoms. The largest absolute Gasteiger partial charge is 0.444 e. The molecular formula is C14H21ClN2O3S2. The summed E-state index contributed by atoms with van der Waals surface area (Å²) in [6, 6.07) is 0. The molecule has 0 unspecified atom stereocenters. The fraction of sp³-hybridized carbons (Fsp3) is 0.714. The number of likely N-dealkylation sites (tertiary alicyclic amines) is 1. The van der Waals surface area contributed by atoms with Gasteiger partial charge >= 0.3 is 6.09 Å². The fourth-order valence-electron chi connectivity index (χ4n) is 2.29. The molecule has 0 aliphatic carbocycles. The molecule has 22 heavy (non-hydrogen) atoms. The van der Waals surface area contributed by atoms with E-state index >= 15 is 0 Å². The van der Waals surface area contributed by atoms with Crippen molar-refractivity contribution in [2.45, 2.75) is 38.5 Å². The Balaban J connectivity index is 1.78. The Kier molecular flexibility index (Phi) is 5.85. The Morgan fingerprint density at radius 3 is 2.91 bits per heavy atom. The highest BCUT2D eigenvalue weighted by Gasteiger charge is 2.30. The van der Waals surface area contributed by atoms with Crippen LogP contribution in [0.2, 0.25) is 4.47 Å². The van der Waals surface area contributed by atoms with Crippen LogP contribution in [0.3, 0.4) is 0 Å². The zero-order valence-corrected chi connectivity index (χ0v) is 15.4. The van der Waals surface area contributed by atoms with Crippen molar-refractivity contribution in [2.24, 2.45) is 5.92 Å². The van der Waals surface area contributed by atoms with Crippen LogP contribution in [0.25, 0.3) is 0 Å². The summed E-state index contributed by atoms with van der Waals surface area (Å²) in [6.07, 6.45) is 2.26. The number of hydrogen-bond acceptors (Lipinski definition) is 5. The summed E-state index contributed by atoms with van der Waals surface area (Å²) in [4.78, 5) is 18.6. The first-order valence-electron chi connectivity index (χ1n) is 7.16. The molecule has 0 radical (unpaired) electrons. The molecule has 0 bridgehead atoms. The van der Waals surface area contributed by atoms with Gasteiger partial charge in [-0.2, -0.15) is 0 Å². The smallest absolute Gasteiger partial charge is 0.410 e. The lowest BCUT2D eigenvalue weighted by molar-refractivity contribution is 0.0289. The molecule has 8 heteroatoms. The predicted molar refractivity (Wildman–Crippen MR) is 89.8 cm³/mol. The molecule has 1 fully saturated rings. The highest BCUT2D eigenvalue weighted by Crippen LogP contribution is 2.23. The second-order valence-corrected chi connectivity index (χ2v) is 9.61. The third-order valence-electron chi connectivity index (χ3n) is 3.19. The van der Waals surface area contributed by atoms with Gasteiger partial charge in [0.1, 0.15) is 5.60 Å². The van der Waals surface area contributed by atoms with Crippen LogP contribution in [-0.4, -0.2) is 44.6 Å². The number of carbonyl (C=O) groups is 1. The lowest BCUT2D eigenvalue weighted by Crippen LogP contribution is -2.35. The van der Waals surface area contributed by atoms with E-state index in [2.05, 4.69) is 4.98 Å². The second kappa shape index (κ2) is 7.27. The minimum absolute atomic E-state index is 0.261. The van der Waals surface area contributed by atoms with E-state index in [1.165, 1.54) is 11.3 Å². The number of rotatable bonds is 4. The molecule has 1 saturated heterocycles. The SMILES string of the molecule is CC(C)(C)OC(=O)N1CC[C@@H](C[S@](=O)Cc2cnc(Cl)s2)C1. The van der Waals surface area contributed by atoms with Crippen molar-refractivity contribution in [3.63, 3.8) is 0 Å². The Bertz CT molecular complexity index is 557. The number of aromatic nitrogens is 1. The van der Waals surface area contributed by atoms with Gasteiger partial charge in [0.25, 0.3) is 0 Å². The molecule has 124 valence electrons. The van der Waals surface area contributed by atoms with Gasteiger partial charge in [-0.05, 0) is 33.1 Å². The number of ether oxygens (including phenoxy) is 1. The molecule has 2 rings (SSSR count). The van der Waals surface area contributed by atoms with Crippen LogP contribution in [0.4, 0.5) is 4.79 Å². The van der Waals surface area contributed by atoms with E-state index in [4.69, 9.17) is 16.3 Å². The summed E-state index contributed by atoms with van der Waals surface area (Å²) in [7, 11) is -0.962. The van der Waals surface area contributed by atoms with Crippen LogP contribution in [0, 0.1) is 5.92 Å². The third-order valence-corrected chi connectivity index (χ3v) is 5.96. The van der Waals surface area contributed by atoms with Gasteiger partial charge in [-0.3, -0.25) is 4.21 Å². The zero-order chi connectivity index (χ0) is 16.3. The summed E-state index contributed by atoms with van der Waals surface area (Å²) >= 11 is 7.13. The molecular weight excluding hydrogens is 344 g/mol. The van der Waals surface area contributed by atoms with Gasteiger partial charge in [-0.15, -0.1) is 11.3 Å². The van der Waals surface area contributed by atoms with Gasteiger partial charge in [-0.25, -0.2) is 9.78 Å². The molecule has 0 N–H and O–H groups in total. The minimum atomic E-state index is -0.962. The third kappa shape index (κ3) is 5.52. The van der Waals surface area contributed by atoms with Crippen LogP contribution in [-0.2, 0) is 21.3 Å². The molecule has 1 amide bonds. The van der Waals surface area contributed by atoms with E-state index in [0.717, 1.165) is 11.3 Å². The van der Waals surface area contributed by atoms with Crippen molar-refractivity contribution in [2.75, 3.05) is 18.8 Å². The van der Waals surface area contributed by atoms with Crippen molar-refractivity contribution in [3.05, 3.63) is 15.5 Å². The predicted octanol–water partition coefficient (Wildman–Crippen LogP) is 3.30. The first kappa shape index (κ1) is 17.7. The van der Waals surface area contributed by atoms with Crippen molar-refractivity contribution < 1.29 is 13.7 Å². The maximum Gasteiger partial charge on any atom is 0.410 e. The Labute approximate surface area is 142 Å². The molecule has 1 aromatic rings. The normalized spacial score (nSPS) is 20.2. The second-order valence-electron chi connectivity index (χ2n) is 6.41. The van der Waals surface area contributed by atoms with Gasteiger partial charge in [0.15, 0.2) is 4.47 Å². The summed E-state index contributed by atoms with van der Waals surface area (Å²) in [5, 5.41) is 0. The number of hydrogen-bond donors (Lipinski definition) is 0. The minimum Gasteiger partial charge on any atom is -0.444 e. The number of amides is 1.